The molecule has 0 saturated carbocycles. The summed E-state index contributed by atoms with van der Waals surface area (Å²) in [6.07, 6.45) is 0. The van der Waals surface area contributed by atoms with Gasteiger partial charge in [-0.25, -0.2) is 4.39 Å². The molecule has 0 aromatic heterocycles. The topological polar surface area (TPSA) is 47.6 Å². The third-order valence-corrected chi connectivity index (χ3v) is 3.51. The smallest absolute Gasteiger partial charge is 0.255 e. The first-order valence-electron chi connectivity index (χ1n) is 7.63. The Labute approximate surface area is 144 Å². The highest BCUT2D eigenvalue weighted by atomic mass is 19.1. The van der Waals surface area contributed by atoms with Crippen molar-refractivity contribution in [2.75, 3.05) is 12.4 Å². The average Bonchev–Trinajstić information content (AvgIpc) is 2.64. The number of nitrogens with one attached hydrogen (secondary N) is 1. The van der Waals surface area contributed by atoms with E-state index in [1.165, 1.54) is 19.2 Å². The summed E-state index contributed by atoms with van der Waals surface area (Å²) < 4.78 is 24.2. The van der Waals surface area contributed by atoms with Crippen molar-refractivity contribution < 1.29 is 18.7 Å². The van der Waals surface area contributed by atoms with Gasteiger partial charge >= 0.3 is 0 Å². The van der Waals surface area contributed by atoms with E-state index in [2.05, 4.69) is 5.32 Å². The molecule has 25 heavy (non-hydrogen) atoms. The molecule has 5 heteroatoms. The van der Waals surface area contributed by atoms with Gasteiger partial charge in [-0.1, -0.05) is 18.2 Å². The predicted octanol–water partition coefficient (Wildman–Crippen LogP) is 4.88. The number of rotatable bonds is 5. The first kappa shape index (κ1) is 16.5. The van der Waals surface area contributed by atoms with Crippen LogP contribution in [0.15, 0.2) is 72.8 Å². The molecule has 0 unspecified atom stereocenters. The molecular formula is C20H16FNO3. The van der Waals surface area contributed by atoms with Crippen molar-refractivity contribution >= 4 is 11.6 Å². The van der Waals surface area contributed by atoms with E-state index in [1.54, 1.807) is 24.3 Å². The van der Waals surface area contributed by atoms with E-state index in [9.17, 15) is 9.18 Å². The molecule has 0 aliphatic heterocycles. The highest BCUT2D eigenvalue weighted by molar-refractivity contribution is 6.04. The third-order valence-electron chi connectivity index (χ3n) is 3.51. The number of benzene rings is 3. The lowest BCUT2D eigenvalue weighted by Crippen LogP contribution is -2.12. The summed E-state index contributed by atoms with van der Waals surface area (Å²) in [4.78, 5) is 12.2. The number of ether oxygens (including phenoxy) is 2. The Kier molecular flexibility index (Phi) is 4.95. The Hall–Kier alpha value is -3.34. The molecule has 4 nitrogen and oxygen atoms in total. The lowest BCUT2D eigenvalue weighted by atomic mass is 10.2. The molecule has 126 valence electrons. The molecule has 0 aliphatic carbocycles. The standard InChI is InChI=1S/C20H16FNO3/c1-24-19-12-7-14(13-18(19)21)20(23)22-15-8-10-17(11-9-15)25-16-5-3-2-4-6-16/h2-13H,1H3,(H,22,23). The number of carbonyl (C=O) groups excluding carboxylic acids is 1. The van der Waals surface area contributed by atoms with Crippen molar-refractivity contribution in [3.8, 4) is 17.2 Å². The summed E-state index contributed by atoms with van der Waals surface area (Å²) in [5.74, 6) is 0.492. The van der Waals surface area contributed by atoms with Gasteiger partial charge in [0.25, 0.3) is 5.91 Å². The van der Waals surface area contributed by atoms with Gasteiger partial charge in [0.15, 0.2) is 11.6 Å². The van der Waals surface area contributed by atoms with Crippen LogP contribution in [0.4, 0.5) is 10.1 Å². The lowest BCUT2D eigenvalue weighted by Gasteiger charge is -2.09. The number of amides is 1. The molecule has 1 amide bonds. The molecule has 0 aliphatic rings. The van der Waals surface area contributed by atoms with Crippen LogP contribution in [0.25, 0.3) is 0 Å². The number of halogens is 1. The number of carbonyl (C=O) groups is 1. The normalized spacial score (nSPS) is 10.2. The van der Waals surface area contributed by atoms with Gasteiger partial charge in [-0.15, -0.1) is 0 Å². The fourth-order valence-electron chi connectivity index (χ4n) is 2.24. The Bertz CT molecular complexity index is 864. The Morgan fingerprint density at radius 2 is 1.60 bits per heavy atom. The highest BCUT2D eigenvalue weighted by Gasteiger charge is 2.10. The summed E-state index contributed by atoms with van der Waals surface area (Å²) in [6, 6.07) is 20.4. The molecule has 3 aromatic carbocycles. The van der Waals surface area contributed by atoms with E-state index in [1.807, 2.05) is 30.3 Å². The van der Waals surface area contributed by atoms with E-state index in [-0.39, 0.29) is 11.3 Å². The average molecular weight is 337 g/mol. The summed E-state index contributed by atoms with van der Waals surface area (Å²) >= 11 is 0. The first-order chi connectivity index (χ1) is 12.2. The summed E-state index contributed by atoms with van der Waals surface area (Å²) in [6.45, 7) is 0. The number of anilines is 1. The van der Waals surface area contributed by atoms with Crippen molar-refractivity contribution in [3.05, 3.63) is 84.2 Å². The van der Waals surface area contributed by atoms with Crippen LogP contribution >= 0.6 is 0 Å². The van der Waals surface area contributed by atoms with Gasteiger partial charge in [0.1, 0.15) is 11.5 Å². The lowest BCUT2D eigenvalue weighted by molar-refractivity contribution is 0.102. The Balaban J connectivity index is 1.66. The van der Waals surface area contributed by atoms with Gasteiger partial charge in [-0.05, 0) is 54.6 Å². The Morgan fingerprint density at radius 1 is 0.920 bits per heavy atom. The molecule has 0 radical (unpaired) electrons. The number of hydrogen-bond acceptors (Lipinski definition) is 3. The SMILES string of the molecule is COc1ccc(C(=O)Nc2ccc(Oc3ccccc3)cc2)cc1F. The second-order valence-corrected chi connectivity index (χ2v) is 5.24. The van der Waals surface area contributed by atoms with Crippen LogP contribution in [-0.4, -0.2) is 13.0 Å². The number of methoxy groups -OCH3 is 1. The second-order valence-electron chi connectivity index (χ2n) is 5.24. The maximum atomic E-state index is 13.7. The molecule has 0 atom stereocenters. The van der Waals surface area contributed by atoms with Crippen molar-refractivity contribution in [1.29, 1.82) is 0 Å². The zero-order valence-electron chi connectivity index (χ0n) is 13.5. The summed E-state index contributed by atoms with van der Waals surface area (Å²) in [5.41, 5.74) is 0.796. The van der Waals surface area contributed by atoms with Gasteiger partial charge < -0.3 is 14.8 Å². The molecule has 0 bridgehead atoms. The summed E-state index contributed by atoms with van der Waals surface area (Å²) in [5, 5.41) is 2.71. The molecule has 0 fully saturated rings. The van der Waals surface area contributed by atoms with Crippen LogP contribution < -0.4 is 14.8 Å². The molecule has 3 aromatic rings. The molecular weight excluding hydrogens is 321 g/mol. The zero-order valence-corrected chi connectivity index (χ0v) is 13.5. The minimum Gasteiger partial charge on any atom is -0.494 e. The Morgan fingerprint density at radius 3 is 2.24 bits per heavy atom. The van der Waals surface area contributed by atoms with E-state index < -0.39 is 11.7 Å². The van der Waals surface area contributed by atoms with Gasteiger partial charge in [-0.3, -0.25) is 4.79 Å². The van der Waals surface area contributed by atoms with Crippen LogP contribution in [0.5, 0.6) is 17.2 Å². The molecule has 0 saturated heterocycles. The van der Waals surface area contributed by atoms with Crippen molar-refractivity contribution in [3.63, 3.8) is 0 Å². The second kappa shape index (κ2) is 7.49. The van der Waals surface area contributed by atoms with E-state index in [0.717, 1.165) is 11.8 Å². The first-order valence-corrected chi connectivity index (χ1v) is 7.63. The van der Waals surface area contributed by atoms with Gasteiger partial charge in [0.2, 0.25) is 0 Å². The molecule has 1 N–H and O–H groups in total. The highest BCUT2D eigenvalue weighted by Crippen LogP contribution is 2.23. The maximum Gasteiger partial charge on any atom is 0.255 e. The fraction of sp³-hybridized carbons (Fsp3) is 0.0500. The van der Waals surface area contributed by atoms with Gasteiger partial charge in [0.05, 0.1) is 7.11 Å². The summed E-state index contributed by atoms with van der Waals surface area (Å²) in [7, 11) is 1.37. The van der Waals surface area contributed by atoms with Crippen molar-refractivity contribution in [2.24, 2.45) is 0 Å². The molecule has 3 rings (SSSR count). The molecule has 0 spiro atoms. The van der Waals surface area contributed by atoms with Gasteiger partial charge in [0, 0.05) is 11.3 Å². The van der Waals surface area contributed by atoms with Crippen LogP contribution in [0.2, 0.25) is 0 Å². The van der Waals surface area contributed by atoms with E-state index >= 15 is 0 Å². The number of para-hydroxylation sites is 1. The monoisotopic (exact) mass is 337 g/mol. The quantitative estimate of drug-likeness (QED) is 0.722. The van der Waals surface area contributed by atoms with Crippen LogP contribution in [0.1, 0.15) is 10.4 Å². The maximum absolute atomic E-state index is 13.7. The minimum atomic E-state index is -0.582. The van der Waals surface area contributed by atoms with E-state index in [4.69, 9.17) is 9.47 Å². The van der Waals surface area contributed by atoms with Crippen LogP contribution in [0.3, 0.4) is 0 Å². The largest absolute Gasteiger partial charge is 0.494 e. The van der Waals surface area contributed by atoms with Crippen molar-refractivity contribution in [2.45, 2.75) is 0 Å². The van der Waals surface area contributed by atoms with E-state index in [0.29, 0.717) is 11.4 Å². The van der Waals surface area contributed by atoms with Crippen molar-refractivity contribution in [1.82, 2.24) is 0 Å². The minimum absolute atomic E-state index is 0.0963. The molecule has 0 heterocycles. The van der Waals surface area contributed by atoms with Gasteiger partial charge in [-0.2, -0.15) is 0 Å². The predicted molar refractivity (Wildman–Crippen MR) is 93.9 cm³/mol. The van der Waals surface area contributed by atoms with Crippen LogP contribution in [-0.2, 0) is 0 Å². The zero-order chi connectivity index (χ0) is 17.6. The fourth-order valence-corrected chi connectivity index (χ4v) is 2.24. The van der Waals surface area contributed by atoms with Crippen LogP contribution in [0, 0.1) is 5.82 Å². The number of hydrogen-bond donors (Lipinski definition) is 1. The third kappa shape index (κ3) is 4.14.